The van der Waals surface area contributed by atoms with Crippen molar-refractivity contribution >= 4 is 11.4 Å². The van der Waals surface area contributed by atoms with Gasteiger partial charge in [-0.1, -0.05) is 13.3 Å². The highest BCUT2D eigenvalue weighted by Crippen LogP contribution is 2.49. The number of nitrogen functional groups attached to an aromatic ring is 1. The molecule has 0 amide bonds. The van der Waals surface area contributed by atoms with Gasteiger partial charge in [0, 0.05) is 6.54 Å². The van der Waals surface area contributed by atoms with E-state index in [9.17, 15) is 13.2 Å². The first-order valence-corrected chi connectivity index (χ1v) is 6.57. The summed E-state index contributed by atoms with van der Waals surface area (Å²) in [6.07, 6.45) is 0.319. The fraction of sp³-hybridized carbons (Fsp3) is 0.571. The average Bonchev–Trinajstić information content (AvgIpc) is 3.07. The van der Waals surface area contributed by atoms with Crippen LogP contribution in [-0.4, -0.2) is 6.54 Å². The Balaban J connectivity index is 2.02. The van der Waals surface area contributed by atoms with E-state index in [1.54, 1.807) is 0 Å². The van der Waals surface area contributed by atoms with Crippen LogP contribution in [0, 0.1) is 5.41 Å². The summed E-state index contributed by atoms with van der Waals surface area (Å²) in [4.78, 5) is 0. The van der Waals surface area contributed by atoms with Gasteiger partial charge >= 0.3 is 6.18 Å². The van der Waals surface area contributed by atoms with Crippen LogP contribution >= 0.6 is 0 Å². The van der Waals surface area contributed by atoms with Crippen LogP contribution in [-0.2, 0) is 6.18 Å². The molecule has 5 heteroatoms. The van der Waals surface area contributed by atoms with Crippen molar-refractivity contribution in [1.29, 1.82) is 0 Å². The Kier molecular flexibility index (Phi) is 3.65. The molecule has 0 atom stereocenters. The summed E-state index contributed by atoms with van der Waals surface area (Å²) in [6, 6.07) is 3.47. The minimum Gasteiger partial charge on any atom is -0.397 e. The van der Waals surface area contributed by atoms with Crippen LogP contribution in [0.2, 0.25) is 0 Å². The fourth-order valence-corrected chi connectivity index (χ4v) is 2.41. The summed E-state index contributed by atoms with van der Waals surface area (Å²) < 4.78 is 37.5. The molecule has 0 saturated heterocycles. The summed E-state index contributed by atoms with van der Waals surface area (Å²) in [7, 11) is 0. The number of anilines is 2. The quantitative estimate of drug-likeness (QED) is 0.785. The number of hydrogen-bond acceptors (Lipinski definition) is 2. The Morgan fingerprint density at radius 2 is 2.00 bits per heavy atom. The van der Waals surface area contributed by atoms with E-state index in [-0.39, 0.29) is 5.69 Å². The molecule has 19 heavy (non-hydrogen) atoms. The molecule has 1 aliphatic carbocycles. The largest absolute Gasteiger partial charge is 0.416 e. The molecule has 3 N–H and O–H groups in total. The Morgan fingerprint density at radius 3 is 2.47 bits per heavy atom. The van der Waals surface area contributed by atoms with Gasteiger partial charge in [0.1, 0.15) is 0 Å². The monoisotopic (exact) mass is 272 g/mol. The minimum atomic E-state index is -4.34. The molecule has 1 fully saturated rings. The number of benzene rings is 1. The van der Waals surface area contributed by atoms with Crippen molar-refractivity contribution in [3.8, 4) is 0 Å². The van der Waals surface area contributed by atoms with Crippen LogP contribution in [0.5, 0.6) is 0 Å². The van der Waals surface area contributed by atoms with Gasteiger partial charge in [-0.3, -0.25) is 0 Å². The lowest BCUT2D eigenvalue weighted by Gasteiger charge is -2.18. The second kappa shape index (κ2) is 4.94. The standard InChI is InChI=1S/C14H19F3N2/c1-2-5-13(6-7-13)9-19-12-4-3-10(8-11(12)18)14(15,16)17/h3-4,8,19H,2,5-7,9,18H2,1H3. The lowest BCUT2D eigenvalue weighted by Crippen LogP contribution is -2.16. The molecule has 1 saturated carbocycles. The molecule has 2 rings (SSSR count). The van der Waals surface area contributed by atoms with Gasteiger partial charge in [0.15, 0.2) is 0 Å². The molecule has 0 aromatic heterocycles. The Morgan fingerprint density at radius 1 is 1.32 bits per heavy atom. The number of halogens is 3. The lowest BCUT2D eigenvalue weighted by molar-refractivity contribution is -0.137. The second-order valence-electron chi connectivity index (χ2n) is 5.40. The molecular formula is C14H19F3N2. The maximum absolute atomic E-state index is 12.5. The van der Waals surface area contributed by atoms with Crippen molar-refractivity contribution in [2.45, 2.75) is 38.8 Å². The van der Waals surface area contributed by atoms with Gasteiger partial charge in [0.25, 0.3) is 0 Å². The molecule has 0 spiro atoms. The topological polar surface area (TPSA) is 38.0 Å². The zero-order chi connectivity index (χ0) is 14.1. The number of nitrogens with one attached hydrogen (secondary N) is 1. The molecule has 0 unspecified atom stereocenters. The van der Waals surface area contributed by atoms with Gasteiger partial charge in [-0.2, -0.15) is 13.2 Å². The number of rotatable bonds is 5. The summed E-state index contributed by atoms with van der Waals surface area (Å²) in [5.74, 6) is 0. The molecule has 1 aliphatic rings. The Bertz CT molecular complexity index is 450. The van der Waals surface area contributed by atoms with E-state index in [0.29, 0.717) is 11.1 Å². The third-order valence-corrected chi connectivity index (χ3v) is 3.77. The Labute approximate surface area is 111 Å². The maximum atomic E-state index is 12.5. The van der Waals surface area contributed by atoms with Crippen LogP contribution in [0.1, 0.15) is 38.2 Å². The molecule has 0 radical (unpaired) electrons. The van der Waals surface area contributed by atoms with Crippen LogP contribution in [0.15, 0.2) is 18.2 Å². The van der Waals surface area contributed by atoms with Crippen molar-refractivity contribution in [2.75, 3.05) is 17.6 Å². The van der Waals surface area contributed by atoms with Crippen LogP contribution in [0.3, 0.4) is 0 Å². The van der Waals surface area contributed by atoms with E-state index in [1.807, 2.05) is 0 Å². The van der Waals surface area contributed by atoms with Crippen molar-refractivity contribution in [3.05, 3.63) is 23.8 Å². The highest BCUT2D eigenvalue weighted by atomic mass is 19.4. The number of nitrogens with two attached hydrogens (primary N) is 1. The highest BCUT2D eigenvalue weighted by Gasteiger charge is 2.41. The van der Waals surface area contributed by atoms with E-state index >= 15 is 0 Å². The first-order chi connectivity index (χ1) is 8.86. The van der Waals surface area contributed by atoms with Crippen molar-refractivity contribution in [3.63, 3.8) is 0 Å². The predicted molar refractivity (Wildman–Crippen MR) is 70.9 cm³/mol. The van der Waals surface area contributed by atoms with Gasteiger partial charge in [-0.15, -0.1) is 0 Å². The van der Waals surface area contributed by atoms with Crippen LogP contribution in [0.25, 0.3) is 0 Å². The highest BCUT2D eigenvalue weighted by molar-refractivity contribution is 5.67. The predicted octanol–water partition coefficient (Wildman–Crippen LogP) is 4.28. The molecule has 0 bridgehead atoms. The molecular weight excluding hydrogens is 253 g/mol. The molecule has 1 aromatic carbocycles. The third-order valence-electron chi connectivity index (χ3n) is 3.77. The second-order valence-corrected chi connectivity index (χ2v) is 5.40. The van der Waals surface area contributed by atoms with E-state index in [0.717, 1.165) is 31.5 Å². The van der Waals surface area contributed by atoms with Crippen molar-refractivity contribution < 1.29 is 13.2 Å². The normalized spacial score (nSPS) is 17.3. The molecule has 106 valence electrons. The summed E-state index contributed by atoms with van der Waals surface area (Å²) in [5, 5.41) is 3.19. The lowest BCUT2D eigenvalue weighted by atomic mass is 10.0. The summed E-state index contributed by atoms with van der Waals surface area (Å²) in [6.45, 7) is 2.93. The van der Waals surface area contributed by atoms with Gasteiger partial charge in [0.2, 0.25) is 0 Å². The van der Waals surface area contributed by atoms with Crippen molar-refractivity contribution in [2.24, 2.45) is 5.41 Å². The minimum absolute atomic E-state index is 0.155. The van der Waals surface area contributed by atoms with E-state index < -0.39 is 11.7 Å². The SMILES string of the molecule is CCCC1(CNc2ccc(C(F)(F)F)cc2N)CC1. The molecule has 0 aliphatic heterocycles. The summed E-state index contributed by atoms with van der Waals surface area (Å²) in [5.41, 5.74) is 6.06. The van der Waals surface area contributed by atoms with E-state index in [2.05, 4.69) is 12.2 Å². The Hall–Kier alpha value is -1.39. The van der Waals surface area contributed by atoms with E-state index in [1.165, 1.54) is 18.9 Å². The van der Waals surface area contributed by atoms with Gasteiger partial charge in [0.05, 0.1) is 16.9 Å². The summed E-state index contributed by atoms with van der Waals surface area (Å²) >= 11 is 0. The fourth-order valence-electron chi connectivity index (χ4n) is 2.41. The van der Waals surface area contributed by atoms with Gasteiger partial charge < -0.3 is 11.1 Å². The first-order valence-electron chi connectivity index (χ1n) is 6.57. The maximum Gasteiger partial charge on any atom is 0.416 e. The zero-order valence-electron chi connectivity index (χ0n) is 11.0. The van der Waals surface area contributed by atoms with Gasteiger partial charge in [-0.05, 0) is 42.9 Å². The number of hydrogen-bond donors (Lipinski definition) is 2. The van der Waals surface area contributed by atoms with Crippen LogP contribution < -0.4 is 11.1 Å². The van der Waals surface area contributed by atoms with E-state index in [4.69, 9.17) is 5.73 Å². The average molecular weight is 272 g/mol. The van der Waals surface area contributed by atoms with Gasteiger partial charge in [-0.25, -0.2) is 0 Å². The third kappa shape index (κ3) is 3.33. The molecule has 0 heterocycles. The smallest absolute Gasteiger partial charge is 0.397 e. The van der Waals surface area contributed by atoms with Crippen molar-refractivity contribution in [1.82, 2.24) is 0 Å². The van der Waals surface area contributed by atoms with Crippen LogP contribution in [0.4, 0.5) is 24.5 Å². The zero-order valence-corrected chi connectivity index (χ0v) is 11.0. The molecule has 1 aromatic rings. The number of alkyl halides is 3. The first kappa shape index (κ1) is 14.0. The molecule has 2 nitrogen and oxygen atoms in total.